The molecular formula is C11H7BrFIN2O. The van der Waals surface area contributed by atoms with E-state index in [0.29, 0.717) is 20.2 Å². The first-order chi connectivity index (χ1) is 8.06. The van der Waals surface area contributed by atoms with Crippen LogP contribution in [-0.4, -0.2) is 9.55 Å². The van der Waals surface area contributed by atoms with Gasteiger partial charge in [-0.3, -0.25) is 9.36 Å². The Morgan fingerprint density at radius 3 is 2.88 bits per heavy atom. The number of hydrogen-bond acceptors (Lipinski definition) is 2. The Morgan fingerprint density at radius 1 is 1.41 bits per heavy atom. The van der Waals surface area contributed by atoms with Crippen LogP contribution in [-0.2, 0) is 6.54 Å². The highest BCUT2D eigenvalue weighted by molar-refractivity contribution is 14.1. The van der Waals surface area contributed by atoms with Gasteiger partial charge in [-0.15, -0.1) is 0 Å². The maximum absolute atomic E-state index is 13.2. The Labute approximate surface area is 119 Å². The zero-order valence-corrected chi connectivity index (χ0v) is 12.3. The van der Waals surface area contributed by atoms with Crippen molar-refractivity contribution >= 4 is 38.5 Å². The second-order valence-electron chi connectivity index (χ2n) is 3.45. The Morgan fingerprint density at radius 2 is 2.18 bits per heavy atom. The summed E-state index contributed by atoms with van der Waals surface area (Å²) >= 11 is 5.14. The molecule has 0 aliphatic heterocycles. The summed E-state index contributed by atoms with van der Waals surface area (Å²) in [7, 11) is 0. The number of hydrogen-bond donors (Lipinski definition) is 0. The van der Waals surface area contributed by atoms with Gasteiger partial charge in [0, 0.05) is 10.7 Å². The van der Waals surface area contributed by atoms with Crippen LogP contribution < -0.4 is 5.56 Å². The Bertz CT molecular complexity index is 594. The molecule has 0 aliphatic carbocycles. The molecule has 6 heteroatoms. The van der Waals surface area contributed by atoms with E-state index in [1.54, 1.807) is 6.07 Å². The third-order valence-corrected chi connectivity index (χ3v) is 3.33. The molecule has 0 fully saturated rings. The summed E-state index contributed by atoms with van der Waals surface area (Å²) in [6.45, 7) is 0.305. The molecule has 2 rings (SSSR count). The lowest BCUT2D eigenvalue weighted by Gasteiger charge is -2.06. The lowest BCUT2D eigenvalue weighted by atomic mass is 10.2. The molecule has 0 saturated heterocycles. The van der Waals surface area contributed by atoms with E-state index in [4.69, 9.17) is 0 Å². The zero-order chi connectivity index (χ0) is 12.4. The highest BCUT2D eigenvalue weighted by atomic mass is 127. The van der Waals surface area contributed by atoms with E-state index in [-0.39, 0.29) is 11.4 Å². The van der Waals surface area contributed by atoms with Crippen molar-refractivity contribution in [1.29, 1.82) is 0 Å². The van der Waals surface area contributed by atoms with Gasteiger partial charge in [0.05, 0.1) is 16.4 Å². The first-order valence-corrected chi connectivity index (χ1v) is 6.58. The molecule has 1 aromatic carbocycles. The number of benzene rings is 1. The molecule has 0 bridgehead atoms. The minimum atomic E-state index is -0.332. The molecule has 0 N–H and O–H groups in total. The minimum absolute atomic E-state index is 0.124. The summed E-state index contributed by atoms with van der Waals surface area (Å²) in [5, 5.41) is 0. The predicted octanol–water partition coefficient (Wildman–Crippen LogP) is 2.80. The molecule has 0 atom stereocenters. The van der Waals surface area contributed by atoms with E-state index in [1.165, 1.54) is 29.2 Å². The second kappa shape index (κ2) is 5.26. The van der Waals surface area contributed by atoms with Crippen LogP contribution >= 0.6 is 38.5 Å². The van der Waals surface area contributed by atoms with E-state index in [0.717, 1.165) is 0 Å². The van der Waals surface area contributed by atoms with Gasteiger partial charge < -0.3 is 0 Å². The smallest absolute Gasteiger partial charge is 0.267 e. The lowest BCUT2D eigenvalue weighted by Crippen LogP contribution is -2.22. The van der Waals surface area contributed by atoms with Crippen LogP contribution in [0.15, 0.2) is 40.0 Å². The normalized spacial score (nSPS) is 10.5. The van der Waals surface area contributed by atoms with Crippen molar-refractivity contribution in [1.82, 2.24) is 9.55 Å². The van der Waals surface area contributed by atoms with E-state index >= 15 is 0 Å². The van der Waals surface area contributed by atoms with Gasteiger partial charge in [-0.1, -0.05) is 15.9 Å². The van der Waals surface area contributed by atoms with Crippen molar-refractivity contribution in [3.05, 3.63) is 60.5 Å². The monoisotopic (exact) mass is 408 g/mol. The Hall–Kier alpha value is -0.760. The van der Waals surface area contributed by atoms with Gasteiger partial charge in [-0.2, -0.15) is 0 Å². The van der Waals surface area contributed by atoms with Crippen LogP contribution in [0.1, 0.15) is 5.56 Å². The van der Waals surface area contributed by atoms with E-state index in [2.05, 4.69) is 20.9 Å². The van der Waals surface area contributed by atoms with E-state index < -0.39 is 0 Å². The van der Waals surface area contributed by atoms with Gasteiger partial charge in [-0.25, -0.2) is 9.37 Å². The van der Waals surface area contributed by atoms with Gasteiger partial charge in [0.1, 0.15) is 5.82 Å². The maximum atomic E-state index is 13.2. The van der Waals surface area contributed by atoms with Gasteiger partial charge >= 0.3 is 0 Å². The van der Waals surface area contributed by atoms with Crippen LogP contribution in [0, 0.1) is 9.39 Å². The third kappa shape index (κ3) is 3.12. The fraction of sp³-hybridized carbons (Fsp3) is 0.0909. The number of rotatable bonds is 2. The molecular weight excluding hydrogens is 402 g/mol. The van der Waals surface area contributed by atoms with Crippen molar-refractivity contribution < 1.29 is 4.39 Å². The van der Waals surface area contributed by atoms with Crippen LogP contribution in [0.4, 0.5) is 4.39 Å². The first kappa shape index (κ1) is 12.7. The number of aromatic nitrogens is 2. The van der Waals surface area contributed by atoms with E-state index in [1.807, 2.05) is 22.6 Å². The number of nitrogens with zero attached hydrogens (tertiary/aromatic N) is 2. The lowest BCUT2D eigenvalue weighted by molar-refractivity contribution is 0.621. The van der Waals surface area contributed by atoms with Crippen molar-refractivity contribution in [2.24, 2.45) is 0 Å². The highest BCUT2D eigenvalue weighted by Gasteiger charge is 2.04. The SMILES string of the molecule is O=c1c(I)cncn1Cc1cc(F)cc(Br)c1. The summed E-state index contributed by atoms with van der Waals surface area (Å²) in [5.41, 5.74) is 0.587. The van der Waals surface area contributed by atoms with Crippen LogP contribution in [0.3, 0.4) is 0 Å². The summed E-state index contributed by atoms with van der Waals surface area (Å²) in [6, 6.07) is 4.55. The van der Waals surface area contributed by atoms with Crippen molar-refractivity contribution in [2.45, 2.75) is 6.54 Å². The van der Waals surface area contributed by atoms with Crippen LogP contribution in [0.2, 0.25) is 0 Å². The van der Waals surface area contributed by atoms with Gasteiger partial charge in [0.15, 0.2) is 0 Å². The molecule has 0 saturated carbocycles. The fourth-order valence-corrected chi connectivity index (χ4v) is 2.42. The molecule has 0 spiro atoms. The number of halogens is 3. The molecule has 88 valence electrons. The molecule has 0 unspecified atom stereocenters. The molecule has 17 heavy (non-hydrogen) atoms. The molecule has 1 aromatic heterocycles. The zero-order valence-electron chi connectivity index (χ0n) is 8.53. The summed E-state index contributed by atoms with van der Waals surface area (Å²) in [5.74, 6) is -0.332. The standard InChI is InChI=1S/C11H7BrFIN2O/c12-8-1-7(2-9(13)3-8)5-16-6-15-4-10(14)11(16)17/h1-4,6H,5H2. The van der Waals surface area contributed by atoms with Crippen LogP contribution in [0.5, 0.6) is 0 Å². The molecule has 0 amide bonds. The van der Waals surface area contributed by atoms with Crippen LogP contribution in [0.25, 0.3) is 0 Å². The molecule has 1 heterocycles. The topological polar surface area (TPSA) is 34.9 Å². The third-order valence-electron chi connectivity index (χ3n) is 2.13. The van der Waals surface area contributed by atoms with Crippen molar-refractivity contribution in [3.63, 3.8) is 0 Å². The van der Waals surface area contributed by atoms with Crippen molar-refractivity contribution in [2.75, 3.05) is 0 Å². The quantitative estimate of drug-likeness (QED) is 0.716. The average molecular weight is 409 g/mol. The largest absolute Gasteiger partial charge is 0.294 e. The summed E-state index contributed by atoms with van der Waals surface area (Å²) in [6.07, 6.45) is 2.95. The molecule has 0 aliphatic rings. The molecule has 0 radical (unpaired) electrons. The molecule has 2 aromatic rings. The fourth-order valence-electron chi connectivity index (χ4n) is 1.44. The average Bonchev–Trinajstić information content (AvgIpc) is 2.23. The minimum Gasteiger partial charge on any atom is -0.294 e. The first-order valence-electron chi connectivity index (χ1n) is 4.71. The van der Waals surface area contributed by atoms with Gasteiger partial charge in [0.2, 0.25) is 0 Å². The van der Waals surface area contributed by atoms with Gasteiger partial charge in [-0.05, 0) is 46.4 Å². The highest BCUT2D eigenvalue weighted by Crippen LogP contribution is 2.15. The van der Waals surface area contributed by atoms with Gasteiger partial charge in [0.25, 0.3) is 5.56 Å². The van der Waals surface area contributed by atoms with Crippen molar-refractivity contribution in [3.8, 4) is 0 Å². The predicted molar refractivity (Wildman–Crippen MR) is 74.4 cm³/mol. The summed E-state index contributed by atoms with van der Waals surface area (Å²) < 4.78 is 15.8. The second-order valence-corrected chi connectivity index (χ2v) is 5.53. The molecule has 3 nitrogen and oxygen atoms in total. The summed E-state index contributed by atoms with van der Waals surface area (Å²) in [4.78, 5) is 15.7. The van der Waals surface area contributed by atoms with E-state index in [9.17, 15) is 9.18 Å². The Kier molecular flexibility index (Phi) is 3.93. The maximum Gasteiger partial charge on any atom is 0.267 e. The Balaban J connectivity index is 2.38.